The summed E-state index contributed by atoms with van der Waals surface area (Å²) < 4.78 is 10.1. The average Bonchev–Trinajstić information content (AvgIpc) is 1.65. The minimum Gasteiger partial charge on any atom is -0.478 e. The van der Waals surface area contributed by atoms with Crippen molar-refractivity contribution in [1.82, 2.24) is 0 Å². The molecule has 9 heavy (non-hydrogen) atoms. The van der Waals surface area contributed by atoms with Gasteiger partial charge in [-0.2, -0.15) is 0 Å². The van der Waals surface area contributed by atoms with Gasteiger partial charge < -0.3 is 5.11 Å². The summed E-state index contributed by atoms with van der Waals surface area (Å²) in [5.41, 5.74) is 0. The van der Waals surface area contributed by atoms with E-state index in [0.29, 0.717) is 0 Å². The van der Waals surface area contributed by atoms with Crippen LogP contribution in [0.3, 0.4) is 0 Å². The Hall–Kier alpha value is -0.380. The first-order chi connectivity index (χ1) is 4.00. The molecule has 0 aromatic rings. The van der Waals surface area contributed by atoms with Gasteiger partial charge in [0.25, 0.3) is 4.58 Å². The van der Waals surface area contributed by atoms with E-state index in [0.717, 1.165) is 0 Å². The molecule has 0 rings (SSSR count). The molecule has 0 saturated heterocycles. The molecule has 4 heteroatoms. The van der Waals surface area contributed by atoms with E-state index in [2.05, 4.69) is 22.5 Å². The Morgan fingerprint density at radius 3 is 2.56 bits per heavy atom. The van der Waals surface area contributed by atoms with E-state index in [4.69, 9.17) is 5.11 Å². The summed E-state index contributed by atoms with van der Waals surface area (Å²) >= 11 is 2.37. The third kappa shape index (κ3) is 2.60. The molecule has 2 nitrogen and oxygen atoms in total. The molecule has 1 unspecified atom stereocenters. The summed E-state index contributed by atoms with van der Waals surface area (Å²) in [6.07, 6.45) is 0.963. The number of aliphatic carboxylic acids is 1. The predicted molar refractivity (Wildman–Crippen MR) is 35.2 cm³/mol. The van der Waals surface area contributed by atoms with Gasteiger partial charge in [0.2, 0.25) is 0 Å². The van der Waals surface area contributed by atoms with E-state index in [1.807, 2.05) is 0 Å². The predicted octanol–water partition coefficient (Wildman–Crippen LogP) is 1.71. The number of carboxylic acids is 1. The zero-order valence-electron chi connectivity index (χ0n) is 4.60. The second-order valence-corrected chi connectivity index (χ2v) is 2.76. The van der Waals surface area contributed by atoms with E-state index < -0.39 is 10.5 Å². The monoisotopic (exact) mass is 196 g/mol. The molecule has 0 radical (unpaired) electrons. The van der Waals surface area contributed by atoms with Crippen molar-refractivity contribution in [3.05, 3.63) is 12.7 Å². The molecular weight excluding hydrogens is 191 g/mol. The Kier molecular flexibility index (Phi) is 2.84. The highest BCUT2D eigenvalue weighted by Gasteiger charge is 2.33. The second kappa shape index (κ2) is 2.96. The van der Waals surface area contributed by atoms with Gasteiger partial charge in [0.1, 0.15) is 0 Å². The fraction of sp³-hybridized carbons (Fsp3) is 0.400. The van der Waals surface area contributed by atoms with Gasteiger partial charge in [0.05, 0.1) is 0 Å². The number of halogens is 2. The summed E-state index contributed by atoms with van der Waals surface area (Å²) in [5, 5.41) is 8.10. The van der Waals surface area contributed by atoms with Gasteiger partial charge in [-0.15, -0.1) is 6.58 Å². The summed E-state index contributed by atoms with van der Waals surface area (Å²) in [4.78, 5) is 9.94. The van der Waals surface area contributed by atoms with Gasteiger partial charge >= 0.3 is 5.97 Å². The molecule has 0 spiro atoms. The van der Waals surface area contributed by atoms with E-state index in [9.17, 15) is 9.18 Å². The molecule has 1 atom stereocenters. The zero-order chi connectivity index (χ0) is 7.49. The number of carboxylic acid groups (broad SMARTS) is 1. The van der Waals surface area contributed by atoms with E-state index >= 15 is 0 Å². The van der Waals surface area contributed by atoms with Crippen LogP contribution in [0.4, 0.5) is 4.39 Å². The Labute approximate surface area is 60.5 Å². The third-order valence-corrected chi connectivity index (χ3v) is 1.38. The molecule has 0 aliphatic carbocycles. The Morgan fingerprint density at radius 2 is 2.44 bits per heavy atom. The second-order valence-electron chi connectivity index (χ2n) is 1.50. The van der Waals surface area contributed by atoms with Crippen molar-refractivity contribution >= 4 is 21.9 Å². The van der Waals surface area contributed by atoms with Crippen molar-refractivity contribution in [2.75, 3.05) is 0 Å². The van der Waals surface area contributed by atoms with Gasteiger partial charge in [-0.05, 0) is 15.9 Å². The van der Waals surface area contributed by atoms with Crippen LogP contribution >= 0.6 is 15.9 Å². The Balaban J connectivity index is 4.00. The lowest BCUT2D eigenvalue weighted by atomic mass is 10.3. The number of hydrogen-bond donors (Lipinski definition) is 1. The zero-order valence-corrected chi connectivity index (χ0v) is 6.19. The summed E-state index contributed by atoms with van der Waals surface area (Å²) in [5.74, 6) is -1.53. The first kappa shape index (κ1) is 8.62. The van der Waals surface area contributed by atoms with Crippen LogP contribution in [0.15, 0.2) is 12.7 Å². The molecule has 0 aromatic heterocycles. The van der Waals surface area contributed by atoms with Crippen molar-refractivity contribution in [2.45, 2.75) is 11.0 Å². The minimum atomic E-state index is -2.34. The summed E-state index contributed by atoms with van der Waals surface area (Å²) in [6.45, 7) is 3.19. The smallest absolute Gasteiger partial charge is 0.353 e. The molecule has 0 saturated carbocycles. The van der Waals surface area contributed by atoms with Gasteiger partial charge in [-0.1, -0.05) is 6.08 Å². The van der Waals surface area contributed by atoms with Crippen molar-refractivity contribution in [2.24, 2.45) is 0 Å². The van der Waals surface area contributed by atoms with Crippen molar-refractivity contribution in [3.63, 3.8) is 0 Å². The molecular formula is C5H6BrFO2. The number of hydrogen-bond acceptors (Lipinski definition) is 1. The van der Waals surface area contributed by atoms with Gasteiger partial charge in [0, 0.05) is 6.42 Å². The highest BCUT2D eigenvalue weighted by Crippen LogP contribution is 2.24. The molecule has 1 N–H and O–H groups in total. The van der Waals surface area contributed by atoms with Crippen molar-refractivity contribution < 1.29 is 14.3 Å². The van der Waals surface area contributed by atoms with Crippen LogP contribution in [-0.4, -0.2) is 15.7 Å². The largest absolute Gasteiger partial charge is 0.478 e. The lowest BCUT2D eigenvalue weighted by Crippen LogP contribution is -2.24. The first-order valence-electron chi connectivity index (χ1n) is 2.23. The fourth-order valence-electron chi connectivity index (χ4n) is 0.269. The van der Waals surface area contributed by atoms with Crippen LogP contribution < -0.4 is 0 Å². The number of rotatable bonds is 3. The molecule has 0 fully saturated rings. The highest BCUT2D eigenvalue weighted by molar-refractivity contribution is 9.10. The minimum absolute atomic E-state index is 0.234. The standard InChI is InChI=1S/C5H6BrFO2/c1-2-3-5(6,7)4(8)9/h2H,1,3H2,(H,8,9). The van der Waals surface area contributed by atoms with E-state index in [1.165, 1.54) is 6.08 Å². The molecule has 0 aromatic carbocycles. The maximum Gasteiger partial charge on any atom is 0.353 e. The number of allylic oxidation sites excluding steroid dienone is 1. The van der Waals surface area contributed by atoms with Gasteiger partial charge in [-0.3, -0.25) is 0 Å². The lowest BCUT2D eigenvalue weighted by Gasteiger charge is -2.07. The molecule has 0 aliphatic rings. The van der Waals surface area contributed by atoms with Crippen LogP contribution in [0.5, 0.6) is 0 Å². The topological polar surface area (TPSA) is 37.3 Å². The van der Waals surface area contributed by atoms with E-state index in [-0.39, 0.29) is 6.42 Å². The highest BCUT2D eigenvalue weighted by atomic mass is 79.9. The lowest BCUT2D eigenvalue weighted by molar-refractivity contribution is -0.144. The average molecular weight is 197 g/mol. The van der Waals surface area contributed by atoms with E-state index in [1.54, 1.807) is 0 Å². The van der Waals surface area contributed by atoms with Crippen LogP contribution in [0.25, 0.3) is 0 Å². The SMILES string of the molecule is C=CCC(F)(Br)C(=O)O. The maximum atomic E-state index is 12.5. The van der Waals surface area contributed by atoms with Gasteiger partial charge in [0.15, 0.2) is 0 Å². The number of alkyl halides is 2. The van der Waals surface area contributed by atoms with Crippen LogP contribution in [-0.2, 0) is 4.79 Å². The quantitative estimate of drug-likeness (QED) is 0.552. The molecule has 0 heterocycles. The Bertz CT molecular complexity index is 133. The summed E-state index contributed by atoms with van der Waals surface area (Å²) in [7, 11) is 0. The molecule has 0 amide bonds. The van der Waals surface area contributed by atoms with Gasteiger partial charge in [-0.25, -0.2) is 9.18 Å². The first-order valence-corrected chi connectivity index (χ1v) is 3.02. The van der Waals surface area contributed by atoms with Crippen LogP contribution in [0, 0.1) is 0 Å². The van der Waals surface area contributed by atoms with Crippen LogP contribution in [0.2, 0.25) is 0 Å². The number of carbonyl (C=O) groups is 1. The molecule has 52 valence electrons. The van der Waals surface area contributed by atoms with Crippen molar-refractivity contribution in [1.29, 1.82) is 0 Å². The maximum absolute atomic E-state index is 12.5. The van der Waals surface area contributed by atoms with Crippen LogP contribution in [0.1, 0.15) is 6.42 Å². The molecule has 0 aliphatic heterocycles. The third-order valence-electron chi connectivity index (χ3n) is 0.714. The Morgan fingerprint density at radius 1 is 2.00 bits per heavy atom. The normalized spacial score (nSPS) is 16.2. The molecule has 0 bridgehead atoms. The fourth-order valence-corrected chi connectivity index (χ4v) is 0.498. The summed E-state index contributed by atoms with van der Waals surface area (Å²) in [6, 6.07) is 0. The van der Waals surface area contributed by atoms with Crippen molar-refractivity contribution in [3.8, 4) is 0 Å².